The lowest BCUT2D eigenvalue weighted by Crippen LogP contribution is -2.08. The van der Waals surface area contributed by atoms with Crippen LogP contribution in [0.1, 0.15) is 16.8 Å². The maximum absolute atomic E-state index is 12.5. The zero-order valence-corrected chi connectivity index (χ0v) is 16.2. The Kier molecular flexibility index (Phi) is 5.82. The zero-order valence-electron chi connectivity index (χ0n) is 16.2. The van der Waals surface area contributed by atoms with Gasteiger partial charge in [-0.1, -0.05) is 97.1 Å². The highest BCUT2D eigenvalue weighted by atomic mass is 16.1. The minimum Gasteiger partial charge on any atom is -0.385 e. The summed E-state index contributed by atoms with van der Waals surface area (Å²) in [5, 5.41) is 3.34. The van der Waals surface area contributed by atoms with E-state index in [0.29, 0.717) is 13.0 Å². The summed E-state index contributed by atoms with van der Waals surface area (Å²) in [6.07, 6.45) is 0.463. The average Bonchev–Trinajstić information content (AvgIpc) is 2.81. The molecule has 2 nitrogen and oxygen atoms in total. The fraction of sp³-hybridized carbons (Fsp3) is 0.0741. The van der Waals surface area contributed by atoms with Gasteiger partial charge in [-0.2, -0.15) is 0 Å². The van der Waals surface area contributed by atoms with Crippen LogP contribution in [0.5, 0.6) is 0 Å². The van der Waals surface area contributed by atoms with Crippen molar-refractivity contribution >= 4 is 11.5 Å². The van der Waals surface area contributed by atoms with Gasteiger partial charge in [0, 0.05) is 24.2 Å². The van der Waals surface area contributed by atoms with Crippen LogP contribution < -0.4 is 5.32 Å². The van der Waals surface area contributed by atoms with Crippen molar-refractivity contribution < 1.29 is 4.79 Å². The number of benzene rings is 4. The van der Waals surface area contributed by atoms with Crippen molar-refractivity contribution in [2.75, 3.05) is 11.9 Å². The molecule has 0 heterocycles. The smallest absolute Gasteiger partial charge is 0.164 e. The normalized spacial score (nSPS) is 10.5. The fourth-order valence-electron chi connectivity index (χ4n) is 3.36. The minimum atomic E-state index is 0.151. The zero-order chi connectivity index (χ0) is 19.9. The lowest BCUT2D eigenvalue weighted by Gasteiger charge is -2.08. The molecule has 0 unspecified atom stereocenters. The molecule has 0 aliphatic rings. The standard InChI is InChI=1S/C27H23NO/c29-27(25-13-11-23(12-14-25)21-7-3-1-4-8-21)19-20-28-26-17-15-24(16-18-26)22-9-5-2-6-10-22/h1-18,28H,19-20H2. The molecular formula is C27H23NO. The third-order valence-electron chi connectivity index (χ3n) is 4.99. The van der Waals surface area contributed by atoms with Crippen molar-refractivity contribution in [3.8, 4) is 22.3 Å². The van der Waals surface area contributed by atoms with Crippen LogP contribution in [0.2, 0.25) is 0 Å². The summed E-state index contributed by atoms with van der Waals surface area (Å²) in [4.78, 5) is 12.5. The van der Waals surface area contributed by atoms with Crippen molar-refractivity contribution in [3.63, 3.8) is 0 Å². The number of nitrogens with one attached hydrogen (secondary N) is 1. The first-order valence-electron chi connectivity index (χ1n) is 9.88. The van der Waals surface area contributed by atoms with E-state index in [2.05, 4.69) is 53.8 Å². The van der Waals surface area contributed by atoms with Crippen LogP contribution in [0, 0.1) is 0 Å². The number of rotatable bonds is 7. The number of carbonyl (C=O) groups is 1. The van der Waals surface area contributed by atoms with Gasteiger partial charge in [-0.05, 0) is 34.4 Å². The number of carbonyl (C=O) groups excluding carboxylic acids is 1. The van der Waals surface area contributed by atoms with E-state index in [1.165, 1.54) is 11.1 Å². The third-order valence-corrected chi connectivity index (χ3v) is 4.99. The highest BCUT2D eigenvalue weighted by Crippen LogP contribution is 2.22. The predicted octanol–water partition coefficient (Wildman–Crippen LogP) is 6.71. The molecule has 0 aliphatic carbocycles. The summed E-state index contributed by atoms with van der Waals surface area (Å²) in [6.45, 7) is 0.615. The Hall–Kier alpha value is -3.65. The molecule has 4 rings (SSSR count). The minimum absolute atomic E-state index is 0.151. The molecule has 29 heavy (non-hydrogen) atoms. The molecule has 142 valence electrons. The molecule has 0 spiro atoms. The molecule has 1 N–H and O–H groups in total. The van der Waals surface area contributed by atoms with Crippen LogP contribution in [0.4, 0.5) is 5.69 Å². The molecule has 4 aromatic carbocycles. The number of Topliss-reactive ketones (excluding diaryl/α,β-unsaturated/α-hetero) is 1. The Bertz CT molecular complexity index is 1050. The Labute approximate surface area is 171 Å². The highest BCUT2D eigenvalue weighted by Gasteiger charge is 2.06. The van der Waals surface area contributed by atoms with Gasteiger partial charge >= 0.3 is 0 Å². The van der Waals surface area contributed by atoms with E-state index >= 15 is 0 Å². The molecule has 0 radical (unpaired) electrons. The van der Waals surface area contributed by atoms with E-state index in [1.54, 1.807) is 0 Å². The second-order valence-corrected chi connectivity index (χ2v) is 6.99. The molecule has 0 aliphatic heterocycles. The predicted molar refractivity (Wildman–Crippen MR) is 121 cm³/mol. The Balaban J connectivity index is 1.31. The summed E-state index contributed by atoms with van der Waals surface area (Å²) in [6, 6.07) is 36.7. The Morgan fingerprint density at radius 3 is 1.52 bits per heavy atom. The second-order valence-electron chi connectivity index (χ2n) is 6.99. The van der Waals surface area contributed by atoms with Crippen molar-refractivity contribution in [1.29, 1.82) is 0 Å². The Morgan fingerprint density at radius 2 is 1.00 bits per heavy atom. The molecular weight excluding hydrogens is 354 g/mol. The SMILES string of the molecule is O=C(CCNc1ccc(-c2ccccc2)cc1)c1ccc(-c2ccccc2)cc1. The summed E-state index contributed by atoms with van der Waals surface area (Å²) >= 11 is 0. The van der Waals surface area contributed by atoms with E-state index < -0.39 is 0 Å². The summed E-state index contributed by atoms with van der Waals surface area (Å²) in [5.41, 5.74) is 6.45. The second kappa shape index (κ2) is 9.03. The van der Waals surface area contributed by atoms with E-state index in [0.717, 1.165) is 22.4 Å². The molecule has 0 saturated carbocycles. The van der Waals surface area contributed by atoms with E-state index in [9.17, 15) is 4.79 Å². The Morgan fingerprint density at radius 1 is 0.552 bits per heavy atom. The first kappa shape index (κ1) is 18.7. The van der Waals surface area contributed by atoms with Crippen LogP contribution in [0.3, 0.4) is 0 Å². The molecule has 2 heteroatoms. The van der Waals surface area contributed by atoms with Gasteiger partial charge in [0.25, 0.3) is 0 Å². The van der Waals surface area contributed by atoms with E-state index in [1.807, 2.05) is 60.7 Å². The van der Waals surface area contributed by atoms with Crippen LogP contribution >= 0.6 is 0 Å². The van der Waals surface area contributed by atoms with Crippen LogP contribution in [0.15, 0.2) is 109 Å². The fourth-order valence-corrected chi connectivity index (χ4v) is 3.36. The molecule has 0 amide bonds. The van der Waals surface area contributed by atoms with Crippen molar-refractivity contribution in [3.05, 3.63) is 115 Å². The maximum Gasteiger partial charge on any atom is 0.164 e. The lowest BCUT2D eigenvalue weighted by molar-refractivity contribution is 0.0986. The van der Waals surface area contributed by atoms with Gasteiger partial charge in [-0.3, -0.25) is 4.79 Å². The van der Waals surface area contributed by atoms with Crippen LogP contribution in [-0.2, 0) is 0 Å². The first-order chi connectivity index (χ1) is 14.3. The van der Waals surface area contributed by atoms with E-state index in [-0.39, 0.29) is 5.78 Å². The van der Waals surface area contributed by atoms with Crippen molar-refractivity contribution in [1.82, 2.24) is 0 Å². The molecule has 0 saturated heterocycles. The van der Waals surface area contributed by atoms with Gasteiger partial charge in [0.15, 0.2) is 5.78 Å². The van der Waals surface area contributed by atoms with Gasteiger partial charge in [0.05, 0.1) is 0 Å². The van der Waals surface area contributed by atoms with Crippen molar-refractivity contribution in [2.45, 2.75) is 6.42 Å². The average molecular weight is 377 g/mol. The largest absolute Gasteiger partial charge is 0.385 e. The summed E-state index contributed by atoms with van der Waals surface area (Å²) < 4.78 is 0. The van der Waals surface area contributed by atoms with Gasteiger partial charge in [0.1, 0.15) is 0 Å². The monoisotopic (exact) mass is 377 g/mol. The van der Waals surface area contributed by atoms with Gasteiger partial charge < -0.3 is 5.32 Å². The molecule has 0 fully saturated rings. The third kappa shape index (κ3) is 4.80. The highest BCUT2D eigenvalue weighted by molar-refractivity contribution is 5.96. The molecule has 0 aromatic heterocycles. The van der Waals surface area contributed by atoms with Gasteiger partial charge in [-0.15, -0.1) is 0 Å². The maximum atomic E-state index is 12.5. The number of anilines is 1. The van der Waals surface area contributed by atoms with Crippen LogP contribution in [-0.4, -0.2) is 12.3 Å². The number of ketones is 1. The number of hydrogen-bond donors (Lipinski definition) is 1. The molecule has 4 aromatic rings. The summed E-state index contributed by atoms with van der Waals surface area (Å²) in [5.74, 6) is 0.151. The lowest BCUT2D eigenvalue weighted by atomic mass is 10.0. The summed E-state index contributed by atoms with van der Waals surface area (Å²) in [7, 11) is 0. The number of hydrogen-bond acceptors (Lipinski definition) is 2. The first-order valence-corrected chi connectivity index (χ1v) is 9.88. The topological polar surface area (TPSA) is 29.1 Å². The van der Waals surface area contributed by atoms with Gasteiger partial charge in [-0.25, -0.2) is 0 Å². The van der Waals surface area contributed by atoms with Crippen molar-refractivity contribution in [2.24, 2.45) is 0 Å². The quantitative estimate of drug-likeness (QED) is 0.363. The van der Waals surface area contributed by atoms with Gasteiger partial charge in [0.2, 0.25) is 0 Å². The molecule has 0 bridgehead atoms. The molecule has 0 atom stereocenters. The van der Waals surface area contributed by atoms with Crippen LogP contribution in [0.25, 0.3) is 22.3 Å². The van der Waals surface area contributed by atoms with E-state index in [4.69, 9.17) is 0 Å².